The SMILES string of the molecule is CC(=O)Nc1cccc(NC(=O)C(C)NC(=O)c2cccs2)c1C. The van der Waals surface area contributed by atoms with Crippen LogP contribution in [0.4, 0.5) is 11.4 Å². The normalized spacial score (nSPS) is 11.5. The van der Waals surface area contributed by atoms with E-state index >= 15 is 0 Å². The highest BCUT2D eigenvalue weighted by Crippen LogP contribution is 2.23. The maximum Gasteiger partial charge on any atom is 0.261 e. The van der Waals surface area contributed by atoms with Crippen LogP contribution in [-0.4, -0.2) is 23.8 Å². The van der Waals surface area contributed by atoms with Gasteiger partial charge in [0.25, 0.3) is 5.91 Å². The minimum atomic E-state index is -0.691. The first kappa shape index (κ1) is 17.7. The molecule has 6 nitrogen and oxygen atoms in total. The maximum absolute atomic E-state index is 12.3. The predicted octanol–water partition coefficient (Wildman–Crippen LogP) is 2.77. The molecule has 3 N–H and O–H groups in total. The van der Waals surface area contributed by atoms with Crippen LogP contribution in [0.5, 0.6) is 0 Å². The van der Waals surface area contributed by atoms with Crippen molar-refractivity contribution in [2.24, 2.45) is 0 Å². The van der Waals surface area contributed by atoms with Gasteiger partial charge in [0.15, 0.2) is 0 Å². The zero-order valence-electron chi connectivity index (χ0n) is 13.7. The molecule has 0 fully saturated rings. The van der Waals surface area contributed by atoms with Crippen molar-refractivity contribution >= 4 is 40.4 Å². The summed E-state index contributed by atoms with van der Waals surface area (Å²) in [6.45, 7) is 4.84. The third-order valence-corrected chi connectivity index (χ3v) is 4.26. The molecule has 1 aromatic heterocycles. The quantitative estimate of drug-likeness (QED) is 0.779. The average molecular weight is 345 g/mol. The molecule has 2 rings (SSSR count). The number of carbonyl (C=O) groups excluding carboxylic acids is 3. The molecule has 2 aromatic rings. The third kappa shape index (κ3) is 4.42. The molecular weight excluding hydrogens is 326 g/mol. The molecule has 1 heterocycles. The van der Waals surface area contributed by atoms with Gasteiger partial charge in [0.2, 0.25) is 11.8 Å². The van der Waals surface area contributed by atoms with Crippen molar-refractivity contribution in [3.05, 3.63) is 46.2 Å². The van der Waals surface area contributed by atoms with Crippen LogP contribution in [0.15, 0.2) is 35.7 Å². The number of amides is 3. The second-order valence-corrected chi connectivity index (χ2v) is 6.27. The van der Waals surface area contributed by atoms with E-state index in [-0.39, 0.29) is 17.7 Å². The molecule has 7 heteroatoms. The molecule has 0 spiro atoms. The van der Waals surface area contributed by atoms with Crippen molar-refractivity contribution in [2.75, 3.05) is 10.6 Å². The van der Waals surface area contributed by atoms with E-state index in [0.29, 0.717) is 16.3 Å². The number of hydrogen-bond donors (Lipinski definition) is 3. The highest BCUT2D eigenvalue weighted by molar-refractivity contribution is 7.12. The van der Waals surface area contributed by atoms with Gasteiger partial charge in [0, 0.05) is 18.3 Å². The van der Waals surface area contributed by atoms with Crippen molar-refractivity contribution in [1.82, 2.24) is 5.32 Å². The van der Waals surface area contributed by atoms with Crippen LogP contribution < -0.4 is 16.0 Å². The number of benzene rings is 1. The van der Waals surface area contributed by atoms with E-state index in [1.165, 1.54) is 18.3 Å². The van der Waals surface area contributed by atoms with Crippen LogP contribution in [-0.2, 0) is 9.59 Å². The molecule has 0 aliphatic carbocycles. The van der Waals surface area contributed by atoms with Gasteiger partial charge in [-0.1, -0.05) is 12.1 Å². The average Bonchev–Trinajstić information content (AvgIpc) is 3.05. The minimum Gasteiger partial charge on any atom is -0.340 e. The Hall–Kier alpha value is -2.67. The third-order valence-electron chi connectivity index (χ3n) is 3.39. The molecule has 0 saturated carbocycles. The number of nitrogens with one attached hydrogen (secondary N) is 3. The van der Waals surface area contributed by atoms with E-state index < -0.39 is 6.04 Å². The van der Waals surface area contributed by atoms with Gasteiger partial charge < -0.3 is 16.0 Å². The Morgan fingerprint density at radius 3 is 2.29 bits per heavy atom. The zero-order chi connectivity index (χ0) is 17.7. The van der Waals surface area contributed by atoms with Gasteiger partial charge in [-0.25, -0.2) is 0 Å². The summed E-state index contributed by atoms with van der Waals surface area (Å²) < 4.78 is 0. The topological polar surface area (TPSA) is 87.3 Å². The van der Waals surface area contributed by atoms with Gasteiger partial charge >= 0.3 is 0 Å². The Morgan fingerprint density at radius 2 is 1.71 bits per heavy atom. The largest absolute Gasteiger partial charge is 0.340 e. The van der Waals surface area contributed by atoms with Gasteiger partial charge in [0.05, 0.1) is 4.88 Å². The fraction of sp³-hybridized carbons (Fsp3) is 0.235. The summed E-state index contributed by atoms with van der Waals surface area (Å²) in [6.07, 6.45) is 0. The van der Waals surface area contributed by atoms with Crippen LogP contribution in [0.3, 0.4) is 0 Å². The fourth-order valence-electron chi connectivity index (χ4n) is 2.08. The standard InChI is InChI=1S/C17H19N3O3S/c1-10-13(19-12(3)21)6-4-7-14(10)20-16(22)11(2)18-17(23)15-8-5-9-24-15/h4-9,11H,1-3H3,(H,18,23)(H,19,21)(H,20,22). The molecule has 0 aliphatic heterocycles. The summed E-state index contributed by atoms with van der Waals surface area (Å²) in [6, 6.07) is 8.03. The second kappa shape index (κ2) is 7.74. The van der Waals surface area contributed by atoms with Crippen LogP contribution in [0, 0.1) is 6.92 Å². The van der Waals surface area contributed by atoms with Gasteiger partial charge in [0.1, 0.15) is 6.04 Å². The summed E-state index contributed by atoms with van der Waals surface area (Å²) in [7, 11) is 0. The molecule has 0 aliphatic rings. The molecular formula is C17H19N3O3S. The van der Waals surface area contributed by atoms with Crippen molar-refractivity contribution in [1.29, 1.82) is 0 Å². The summed E-state index contributed by atoms with van der Waals surface area (Å²) in [5.41, 5.74) is 1.97. The van der Waals surface area contributed by atoms with Gasteiger partial charge in [-0.2, -0.15) is 0 Å². The van der Waals surface area contributed by atoms with Crippen LogP contribution in [0.2, 0.25) is 0 Å². The Kier molecular flexibility index (Phi) is 5.70. The van der Waals surface area contributed by atoms with E-state index in [2.05, 4.69) is 16.0 Å². The smallest absolute Gasteiger partial charge is 0.261 e. The summed E-state index contributed by atoms with van der Waals surface area (Å²) in [5, 5.41) is 9.94. The van der Waals surface area contributed by atoms with Gasteiger partial charge in [-0.15, -0.1) is 11.3 Å². The minimum absolute atomic E-state index is 0.182. The highest BCUT2D eigenvalue weighted by atomic mass is 32.1. The number of anilines is 2. The lowest BCUT2D eigenvalue weighted by atomic mass is 10.1. The molecule has 0 radical (unpaired) electrons. The second-order valence-electron chi connectivity index (χ2n) is 5.32. The van der Waals surface area contributed by atoms with Crippen molar-refractivity contribution in [3.63, 3.8) is 0 Å². The van der Waals surface area contributed by atoms with Crippen molar-refractivity contribution in [2.45, 2.75) is 26.8 Å². The number of thiophene rings is 1. The van der Waals surface area contributed by atoms with Crippen molar-refractivity contribution < 1.29 is 14.4 Å². The fourth-order valence-corrected chi connectivity index (χ4v) is 2.71. The van der Waals surface area contributed by atoms with E-state index in [1.807, 2.05) is 0 Å². The molecule has 3 amide bonds. The van der Waals surface area contributed by atoms with Crippen LogP contribution >= 0.6 is 11.3 Å². The first-order valence-electron chi connectivity index (χ1n) is 7.41. The summed E-state index contributed by atoms with van der Waals surface area (Å²) in [4.78, 5) is 36.0. The molecule has 1 aromatic carbocycles. The molecule has 126 valence electrons. The summed E-state index contributed by atoms with van der Waals surface area (Å²) >= 11 is 1.31. The monoisotopic (exact) mass is 345 g/mol. The van der Waals surface area contributed by atoms with Gasteiger partial charge in [-0.3, -0.25) is 14.4 Å². The van der Waals surface area contributed by atoms with E-state index in [1.54, 1.807) is 49.6 Å². The Bertz CT molecular complexity index is 756. The zero-order valence-corrected chi connectivity index (χ0v) is 14.5. The first-order valence-corrected chi connectivity index (χ1v) is 8.29. The van der Waals surface area contributed by atoms with Crippen LogP contribution in [0.1, 0.15) is 29.1 Å². The highest BCUT2D eigenvalue weighted by Gasteiger charge is 2.18. The van der Waals surface area contributed by atoms with Crippen molar-refractivity contribution in [3.8, 4) is 0 Å². The predicted molar refractivity (Wildman–Crippen MR) is 95.4 cm³/mol. The molecule has 0 saturated heterocycles. The Labute approximate surface area is 144 Å². The Balaban J connectivity index is 2.03. The molecule has 24 heavy (non-hydrogen) atoms. The molecule has 0 bridgehead atoms. The number of hydrogen-bond acceptors (Lipinski definition) is 4. The van der Waals surface area contributed by atoms with E-state index in [9.17, 15) is 14.4 Å². The molecule has 1 atom stereocenters. The van der Waals surface area contributed by atoms with E-state index in [0.717, 1.165) is 5.56 Å². The summed E-state index contributed by atoms with van der Waals surface area (Å²) in [5.74, 6) is -0.794. The number of carbonyl (C=O) groups is 3. The van der Waals surface area contributed by atoms with Crippen LogP contribution in [0.25, 0.3) is 0 Å². The maximum atomic E-state index is 12.3. The lowest BCUT2D eigenvalue weighted by Gasteiger charge is -2.16. The Morgan fingerprint density at radius 1 is 1.04 bits per heavy atom. The first-order chi connectivity index (χ1) is 11.4. The lowest BCUT2D eigenvalue weighted by Crippen LogP contribution is -2.41. The molecule has 1 unspecified atom stereocenters. The van der Waals surface area contributed by atoms with E-state index in [4.69, 9.17) is 0 Å². The lowest BCUT2D eigenvalue weighted by molar-refractivity contribution is -0.117. The number of rotatable bonds is 5. The van der Waals surface area contributed by atoms with Gasteiger partial charge in [-0.05, 0) is 43.0 Å².